The SMILES string of the molecule is Cc1ccccc1-n1c(CNc2ncnc(N)c2C(=[NH2+])I)cc2cccc(C)c2c1=O. The molecule has 0 atom stereocenters. The van der Waals surface area contributed by atoms with E-state index in [0.717, 1.165) is 27.9 Å². The standard InChI is InChI=1S/C23H21IN6O/c1-13-6-3-4-9-17(13)30-16(10-15-8-5-7-14(2)18(15)23(30)31)11-27-22-19(20(24)25)21(26)28-12-29-22/h3-10,12,25H,11H2,1-2H3,(H3,26,27,28,29)/p+1. The number of nitrogens with zero attached hydrogens (tertiary/aromatic N) is 3. The molecule has 7 nitrogen and oxygen atoms in total. The van der Waals surface area contributed by atoms with Gasteiger partial charge in [-0.25, -0.2) is 15.4 Å². The van der Waals surface area contributed by atoms with Crippen molar-refractivity contribution in [2.45, 2.75) is 20.4 Å². The van der Waals surface area contributed by atoms with Crippen LogP contribution in [0.5, 0.6) is 0 Å². The summed E-state index contributed by atoms with van der Waals surface area (Å²) < 4.78 is 2.25. The second-order valence-corrected chi connectivity index (χ2v) is 8.45. The molecular weight excluding hydrogens is 503 g/mol. The number of fused-ring (bicyclic) bond motifs is 1. The van der Waals surface area contributed by atoms with Crippen molar-refractivity contribution in [1.82, 2.24) is 14.5 Å². The fraction of sp³-hybridized carbons (Fsp3) is 0.130. The maximum Gasteiger partial charge on any atom is 0.263 e. The number of para-hydroxylation sites is 1. The van der Waals surface area contributed by atoms with E-state index in [1.165, 1.54) is 6.33 Å². The van der Waals surface area contributed by atoms with E-state index in [9.17, 15) is 4.79 Å². The Labute approximate surface area is 193 Å². The summed E-state index contributed by atoms with van der Waals surface area (Å²) in [4.78, 5) is 22.0. The van der Waals surface area contributed by atoms with Crippen LogP contribution in [0.15, 0.2) is 59.7 Å². The quantitative estimate of drug-likeness (QED) is 0.274. The molecule has 2 aromatic heterocycles. The molecule has 0 saturated heterocycles. The Morgan fingerprint density at radius 1 is 1.13 bits per heavy atom. The zero-order valence-electron chi connectivity index (χ0n) is 17.2. The summed E-state index contributed by atoms with van der Waals surface area (Å²) in [6, 6.07) is 15.8. The van der Waals surface area contributed by atoms with Gasteiger partial charge in [0, 0.05) is 28.3 Å². The summed E-state index contributed by atoms with van der Waals surface area (Å²) in [7, 11) is 0. The predicted octanol–water partition coefficient (Wildman–Crippen LogP) is 2.53. The molecule has 0 amide bonds. The molecule has 0 spiro atoms. The van der Waals surface area contributed by atoms with E-state index in [1.807, 2.05) is 85.0 Å². The molecule has 2 aromatic carbocycles. The van der Waals surface area contributed by atoms with Gasteiger partial charge in [-0.1, -0.05) is 36.4 Å². The number of anilines is 2. The Kier molecular flexibility index (Phi) is 5.73. The van der Waals surface area contributed by atoms with E-state index >= 15 is 0 Å². The molecule has 0 aliphatic rings. The molecular formula is C23H22IN6O+. The van der Waals surface area contributed by atoms with Crippen LogP contribution < -0.4 is 22.0 Å². The van der Waals surface area contributed by atoms with Crippen molar-refractivity contribution in [1.29, 1.82) is 0 Å². The van der Waals surface area contributed by atoms with E-state index in [-0.39, 0.29) is 5.56 Å². The van der Waals surface area contributed by atoms with Crippen molar-refractivity contribution in [2.75, 3.05) is 11.1 Å². The van der Waals surface area contributed by atoms with Gasteiger partial charge in [0.1, 0.15) is 23.5 Å². The lowest BCUT2D eigenvalue weighted by Gasteiger charge is -2.18. The van der Waals surface area contributed by atoms with Gasteiger partial charge in [0.2, 0.25) is 3.72 Å². The van der Waals surface area contributed by atoms with Gasteiger partial charge in [0.25, 0.3) is 5.56 Å². The Balaban J connectivity index is 1.90. The van der Waals surface area contributed by atoms with Gasteiger partial charge in [-0.3, -0.25) is 9.36 Å². The van der Waals surface area contributed by atoms with Crippen molar-refractivity contribution in [2.24, 2.45) is 0 Å². The summed E-state index contributed by atoms with van der Waals surface area (Å²) >= 11 is 1.99. The highest BCUT2D eigenvalue weighted by atomic mass is 127. The van der Waals surface area contributed by atoms with Gasteiger partial charge in [0.05, 0.1) is 17.6 Å². The molecule has 2 heterocycles. The van der Waals surface area contributed by atoms with Gasteiger partial charge in [-0.05, 0) is 42.5 Å². The second-order valence-electron chi connectivity index (χ2n) is 7.29. The number of nitrogens with one attached hydrogen (secondary N) is 1. The molecule has 0 aliphatic heterocycles. The lowest BCUT2D eigenvalue weighted by Crippen LogP contribution is -2.37. The van der Waals surface area contributed by atoms with Crippen molar-refractivity contribution in [3.05, 3.63) is 87.6 Å². The number of aromatic nitrogens is 3. The van der Waals surface area contributed by atoms with E-state index in [2.05, 4.69) is 15.3 Å². The Hall–Kier alpha value is -3.27. The molecule has 4 rings (SSSR count). The lowest BCUT2D eigenvalue weighted by molar-refractivity contribution is -0.106. The zero-order valence-corrected chi connectivity index (χ0v) is 19.3. The van der Waals surface area contributed by atoms with Crippen LogP contribution in [-0.2, 0) is 6.54 Å². The highest BCUT2D eigenvalue weighted by Crippen LogP contribution is 2.23. The molecule has 0 saturated carbocycles. The first kappa shape index (κ1) is 21.0. The molecule has 31 heavy (non-hydrogen) atoms. The maximum absolute atomic E-state index is 13.6. The Bertz CT molecular complexity index is 1380. The number of halogens is 1. The normalized spacial score (nSPS) is 10.9. The van der Waals surface area contributed by atoms with Gasteiger partial charge >= 0.3 is 0 Å². The summed E-state index contributed by atoms with van der Waals surface area (Å²) in [5.74, 6) is 0.822. The number of aryl methyl sites for hydroxylation is 2. The van der Waals surface area contributed by atoms with Crippen LogP contribution in [0.3, 0.4) is 0 Å². The van der Waals surface area contributed by atoms with Crippen molar-refractivity contribution in [3.8, 4) is 5.69 Å². The van der Waals surface area contributed by atoms with Crippen LogP contribution in [0, 0.1) is 13.8 Å². The van der Waals surface area contributed by atoms with Gasteiger partial charge in [-0.15, -0.1) is 0 Å². The molecule has 0 fully saturated rings. The number of hydrogen-bond acceptors (Lipinski definition) is 5. The van der Waals surface area contributed by atoms with E-state index in [4.69, 9.17) is 11.1 Å². The highest BCUT2D eigenvalue weighted by Gasteiger charge is 2.18. The molecule has 0 bridgehead atoms. The Morgan fingerprint density at radius 2 is 1.87 bits per heavy atom. The Morgan fingerprint density at radius 3 is 2.61 bits per heavy atom. The number of benzene rings is 2. The fourth-order valence-corrected chi connectivity index (χ4v) is 4.27. The first-order valence-corrected chi connectivity index (χ1v) is 10.8. The summed E-state index contributed by atoms with van der Waals surface area (Å²) in [5, 5.41) is 10.9. The van der Waals surface area contributed by atoms with Crippen molar-refractivity contribution < 1.29 is 5.41 Å². The number of pyridine rings is 1. The maximum atomic E-state index is 13.6. The van der Waals surface area contributed by atoms with Crippen LogP contribution in [-0.4, -0.2) is 18.3 Å². The first-order valence-electron chi connectivity index (χ1n) is 9.71. The van der Waals surface area contributed by atoms with Gasteiger partial charge in [0.15, 0.2) is 0 Å². The third kappa shape index (κ3) is 3.90. The minimum Gasteiger partial charge on any atom is -0.383 e. The van der Waals surface area contributed by atoms with Crippen LogP contribution in [0.1, 0.15) is 22.4 Å². The largest absolute Gasteiger partial charge is 0.383 e. The third-order valence-electron chi connectivity index (χ3n) is 5.24. The van der Waals surface area contributed by atoms with E-state index in [1.54, 1.807) is 4.57 Å². The highest BCUT2D eigenvalue weighted by molar-refractivity contribution is 14.1. The summed E-state index contributed by atoms with van der Waals surface area (Å²) in [6.07, 6.45) is 1.39. The average molecular weight is 525 g/mol. The first-order chi connectivity index (χ1) is 14.9. The second kappa shape index (κ2) is 8.46. The van der Waals surface area contributed by atoms with E-state index < -0.39 is 0 Å². The third-order valence-corrected chi connectivity index (χ3v) is 5.78. The summed E-state index contributed by atoms with van der Waals surface area (Å²) in [6.45, 7) is 4.30. The van der Waals surface area contributed by atoms with Gasteiger partial charge in [-0.2, -0.15) is 0 Å². The topological polar surface area (TPSA) is 111 Å². The molecule has 0 unspecified atom stereocenters. The fourth-order valence-electron chi connectivity index (χ4n) is 3.74. The monoisotopic (exact) mass is 525 g/mol. The molecule has 0 radical (unpaired) electrons. The minimum absolute atomic E-state index is 0.0518. The van der Waals surface area contributed by atoms with E-state index in [0.29, 0.717) is 32.8 Å². The molecule has 0 aliphatic carbocycles. The molecule has 8 heteroatoms. The number of nitrogen functional groups attached to an aromatic ring is 1. The van der Waals surface area contributed by atoms with Crippen LogP contribution in [0.2, 0.25) is 0 Å². The van der Waals surface area contributed by atoms with Crippen molar-refractivity contribution >= 4 is 48.7 Å². The molecule has 5 N–H and O–H groups in total. The van der Waals surface area contributed by atoms with Crippen LogP contribution in [0.25, 0.3) is 16.5 Å². The molecule has 4 aromatic rings. The van der Waals surface area contributed by atoms with Crippen LogP contribution >= 0.6 is 22.6 Å². The average Bonchev–Trinajstić information content (AvgIpc) is 2.73. The summed E-state index contributed by atoms with van der Waals surface area (Å²) in [5.41, 5.74) is 10.1. The van der Waals surface area contributed by atoms with Crippen LogP contribution in [0.4, 0.5) is 11.6 Å². The minimum atomic E-state index is -0.0518. The number of hydrogen-bond donors (Lipinski definition) is 3. The van der Waals surface area contributed by atoms with Gasteiger partial charge < -0.3 is 11.1 Å². The predicted molar refractivity (Wildman–Crippen MR) is 133 cm³/mol. The smallest absolute Gasteiger partial charge is 0.263 e. The lowest BCUT2D eigenvalue weighted by atomic mass is 10.1. The number of rotatable bonds is 5. The molecule has 156 valence electrons. The van der Waals surface area contributed by atoms with Crippen molar-refractivity contribution in [3.63, 3.8) is 0 Å². The zero-order chi connectivity index (χ0) is 22.1. The number of nitrogens with two attached hydrogens (primary N) is 2.